The summed E-state index contributed by atoms with van der Waals surface area (Å²) in [5.74, 6) is -1.75. The van der Waals surface area contributed by atoms with Gasteiger partial charge in [0.1, 0.15) is 12.3 Å². The number of alkyl halides is 2. The van der Waals surface area contributed by atoms with Crippen molar-refractivity contribution in [3.63, 3.8) is 0 Å². The minimum Gasteiger partial charge on any atom is -0.439 e. The minimum absolute atomic E-state index is 0.143. The second kappa shape index (κ2) is 20.6. The molecule has 0 N–H and O–H groups in total. The molecule has 0 bridgehead atoms. The summed E-state index contributed by atoms with van der Waals surface area (Å²) in [6.45, 7) is 4.16. The number of unbranched alkanes of at least 4 members (excludes halogenated alkanes) is 10. The Morgan fingerprint density at radius 2 is 0.814 bits per heavy atom. The molecular formula is C32H48F8OS2+2. The molecule has 4 unspecified atom stereocenters. The highest BCUT2D eigenvalue weighted by Gasteiger charge is 2.42. The molecule has 0 amide bonds. The molecule has 248 valence electrons. The van der Waals surface area contributed by atoms with Crippen LogP contribution in [0, 0.1) is 20.5 Å². The average Bonchev–Trinajstić information content (AvgIpc) is 3.31. The zero-order valence-electron chi connectivity index (χ0n) is 25.5. The molecule has 1 nitrogen and oxygen atoms in total. The summed E-state index contributed by atoms with van der Waals surface area (Å²) >= 11 is 0. The van der Waals surface area contributed by atoms with E-state index < -0.39 is 77.2 Å². The second-order valence-corrected chi connectivity index (χ2v) is 13.9. The fraction of sp³-hybridized carbons (Fsp3) is 0.750. The van der Waals surface area contributed by atoms with Crippen LogP contribution in [-0.4, -0.2) is 12.3 Å². The van der Waals surface area contributed by atoms with Crippen LogP contribution in [-0.2, 0) is 12.8 Å². The maximum Gasteiger partial charge on any atom is 0.410 e. The Hall–Kier alpha value is -1.36. The Morgan fingerprint density at radius 1 is 0.488 bits per heavy atom. The van der Waals surface area contributed by atoms with E-state index in [1.54, 1.807) is 0 Å². The lowest BCUT2D eigenvalue weighted by Crippen LogP contribution is -2.01. The quantitative estimate of drug-likeness (QED) is 0.0616. The summed E-state index contributed by atoms with van der Waals surface area (Å²) in [6.07, 6.45) is 9.88. The van der Waals surface area contributed by atoms with Gasteiger partial charge < -0.3 is 4.74 Å². The summed E-state index contributed by atoms with van der Waals surface area (Å²) in [5.41, 5.74) is -0.864. The standard InChI is InChI=1S/C32H48F8OS2/c1-3-5-7-11-17-23(33)19-13-9-15-21-25-27(31(37)42(39)29(25)35)41-28-26(30(36)43(40)32(28)38)22-16-10-14-20-24(34)18-12-8-6-4-2/h23-24H,3-22H2,1-2H3/q+2. The monoisotopic (exact) mass is 664 g/mol. The largest absolute Gasteiger partial charge is 0.439 e. The zero-order chi connectivity index (χ0) is 31.8. The van der Waals surface area contributed by atoms with Crippen LogP contribution < -0.4 is 4.74 Å². The molecule has 0 aliphatic carbocycles. The lowest BCUT2D eigenvalue weighted by atomic mass is 10.0. The van der Waals surface area contributed by atoms with Crippen molar-refractivity contribution in [1.82, 2.24) is 0 Å². The van der Waals surface area contributed by atoms with E-state index in [9.17, 15) is 34.1 Å². The highest BCUT2D eigenvalue weighted by atomic mass is 32.2. The van der Waals surface area contributed by atoms with Crippen molar-refractivity contribution in [2.45, 2.75) is 155 Å². The molecule has 4 atom stereocenters. The molecule has 11 heteroatoms. The molecule has 0 aliphatic rings. The van der Waals surface area contributed by atoms with Gasteiger partial charge >= 0.3 is 20.5 Å². The van der Waals surface area contributed by atoms with E-state index >= 15 is 0 Å². The molecule has 0 spiro atoms. The molecule has 0 saturated carbocycles. The Kier molecular flexibility index (Phi) is 18.1. The van der Waals surface area contributed by atoms with E-state index in [0.717, 1.165) is 51.4 Å². The molecular weight excluding hydrogens is 616 g/mol. The van der Waals surface area contributed by atoms with Gasteiger partial charge in [0.2, 0.25) is 11.5 Å². The van der Waals surface area contributed by atoms with E-state index in [1.165, 1.54) is 0 Å². The second-order valence-electron chi connectivity index (χ2n) is 11.4. The molecule has 43 heavy (non-hydrogen) atoms. The normalized spacial score (nSPS) is 14.0. The van der Waals surface area contributed by atoms with Gasteiger partial charge in [-0.2, -0.15) is 0 Å². The van der Waals surface area contributed by atoms with Crippen LogP contribution in [0.4, 0.5) is 34.1 Å². The topological polar surface area (TPSA) is 9.23 Å². The maximum absolute atomic E-state index is 14.7. The van der Waals surface area contributed by atoms with Crippen molar-refractivity contribution in [1.29, 1.82) is 0 Å². The van der Waals surface area contributed by atoms with Gasteiger partial charge in [0.25, 0.3) is 21.7 Å². The minimum atomic E-state index is -3.04. The van der Waals surface area contributed by atoms with E-state index in [4.69, 9.17) is 4.74 Å². The molecule has 2 aromatic heterocycles. The van der Waals surface area contributed by atoms with E-state index in [0.29, 0.717) is 51.4 Å². The highest BCUT2D eigenvalue weighted by Crippen LogP contribution is 2.49. The van der Waals surface area contributed by atoms with Crippen LogP contribution in [0.25, 0.3) is 0 Å². The fourth-order valence-electron chi connectivity index (χ4n) is 5.24. The Bertz CT molecular complexity index is 989. The van der Waals surface area contributed by atoms with Crippen LogP contribution in [0.1, 0.15) is 141 Å². The average molecular weight is 665 g/mol. The predicted molar refractivity (Wildman–Crippen MR) is 162 cm³/mol. The number of hydrogen-bond acceptors (Lipinski definition) is 1. The van der Waals surface area contributed by atoms with Crippen molar-refractivity contribution in [2.75, 3.05) is 0 Å². The van der Waals surface area contributed by atoms with Gasteiger partial charge in [-0.25, -0.2) is 8.78 Å². The Morgan fingerprint density at radius 3 is 1.14 bits per heavy atom. The molecule has 0 aliphatic heterocycles. The lowest BCUT2D eigenvalue weighted by molar-refractivity contribution is 0.279. The van der Waals surface area contributed by atoms with Crippen LogP contribution in [0.15, 0.2) is 0 Å². The van der Waals surface area contributed by atoms with Gasteiger partial charge in [0.05, 0.1) is 18.9 Å². The van der Waals surface area contributed by atoms with Crippen molar-refractivity contribution < 1.29 is 38.9 Å². The van der Waals surface area contributed by atoms with Crippen LogP contribution in [0.5, 0.6) is 11.5 Å². The summed E-state index contributed by atoms with van der Waals surface area (Å²) in [7, 11) is -6.08. The van der Waals surface area contributed by atoms with Crippen molar-refractivity contribution in [3.8, 4) is 11.5 Å². The third-order valence-corrected chi connectivity index (χ3v) is 9.97. The molecule has 0 radical (unpaired) electrons. The predicted octanol–water partition coefficient (Wildman–Crippen LogP) is 13.8. The van der Waals surface area contributed by atoms with Gasteiger partial charge in [-0.15, -0.1) is 17.6 Å². The van der Waals surface area contributed by atoms with E-state index in [1.807, 2.05) is 0 Å². The van der Waals surface area contributed by atoms with Gasteiger partial charge in [0, 0.05) is 0 Å². The first-order chi connectivity index (χ1) is 20.6. The third kappa shape index (κ3) is 12.2. The molecule has 2 aromatic rings. The van der Waals surface area contributed by atoms with Crippen LogP contribution >= 0.6 is 21.7 Å². The SMILES string of the molecule is CCCCCCC(F)CCCCCc1c(Oc2c(CCCCCC(F)CCCCCC)c(F)[s+](F)c2F)c(F)[s+](F)c1F. The fourth-order valence-corrected chi connectivity index (χ4v) is 7.04. The van der Waals surface area contributed by atoms with Gasteiger partial charge in [-0.1, -0.05) is 90.9 Å². The number of ether oxygens (including phenoxy) is 1. The van der Waals surface area contributed by atoms with Crippen molar-refractivity contribution >= 4 is 21.7 Å². The smallest absolute Gasteiger partial charge is 0.410 e. The van der Waals surface area contributed by atoms with E-state index in [2.05, 4.69) is 13.8 Å². The van der Waals surface area contributed by atoms with Crippen molar-refractivity contribution in [2.24, 2.45) is 0 Å². The molecule has 2 heterocycles. The number of halogens is 8. The summed E-state index contributed by atoms with van der Waals surface area (Å²) < 4.78 is 121. The highest BCUT2D eigenvalue weighted by molar-refractivity contribution is 7.24. The van der Waals surface area contributed by atoms with Gasteiger partial charge in [0.15, 0.2) is 0 Å². The molecule has 0 saturated heterocycles. The van der Waals surface area contributed by atoms with Gasteiger partial charge in [-0.3, -0.25) is 0 Å². The number of thiophene rings is 2. The third-order valence-electron chi connectivity index (χ3n) is 7.84. The number of hydrogen-bond donors (Lipinski definition) is 0. The van der Waals surface area contributed by atoms with Crippen LogP contribution in [0.3, 0.4) is 0 Å². The molecule has 2 rings (SSSR count). The van der Waals surface area contributed by atoms with Crippen LogP contribution in [0.2, 0.25) is 0 Å². The van der Waals surface area contributed by atoms with Gasteiger partial charge in [-0.05, 0) is 51.4 Å². The first kappa shape index (κ1) is 37.8. The Balaban J connectivity index is 1.96. The zero-order valence-corrected chi connectivity index (χ0v) is 27.2. The molecule has 0 aromatic carbocycles. The first-order valence-corrected chi connectivity index (χ1v) is 18.2. The lowest BCUT2D eigenvalue weighted by Gasteiger charge is -2.08. The van der Waals surface area contributed by atoms with E-state index in [-0.39, 0.29) is 25.7 Å². The van der Waals surface area contributed by atoms with Crippen molar-refractivity contribution in [3.05, 3.63) is 31.7 Å². The summed E-state index contributed by atoms with van der Waals surface area (Å²) in [4.78, 5) is 0. The first-order valence-electron chi connectivity index (χ1n) is 16.0. The maximum atomic E-state index is 14.7. The Labute approximate surface area is 257 Å². The summed E-state index contributed by atoms with van der Waals surface area (Å²) in [5, 5.41) is -5.93. The molecule has 0 fully saturated rings. The summed E-state index contributed by atoms with van der Waals surface area (Å²) in [6, 6.07) is 0. The number of rotatable bonds is 24.